The van der Waals surface area contributed by atoms with Gasteiger partial charge in [0.25, 0.3) is 0 Å². The number of rotatable bonds is 7. The number of benzene rings is 1. The van der Waals surface area contributed by atoms with Gasteiger partial charge in [0.2, 0.25) is 20.0 Å². The summed E-state index contributed by atoms with van der Waals surface area (Å²) in [5, 5.41) is 0. The van der Waals surface area contributed by atoms with Crippen molar-refractivity contribution in [3.63, 3.8) is 0 Å². The molecule has 0 saturated carbocycles. The summed E-state index contributed by atoms with van der Waals surface area (Å²) in [7, 11) is -7.10. The molecule has 0 aromatic heterocycles. The van der Waals surface area contributed by atoms with E-state index in [1.807, 2.05) is 6.92 Å². The zero-order valence-corrected chi connectivity index (χ0v) is 14.7. The lowest BCUT2D eigenvalue weighted by atomic mass is 10.3. The zero-order chi connectivity index (χ0) is 16.9. The van der Waals surface area contributed by atoms with E-state index in [4.69, 9.17) is 4.74 Å². The van der Waals surface area contributed by atoms with Gasteiger partial charge in [0.1, 0.15) is 0 Å². The fourth-order valence-corrected chi connectivity index (χ4v) is 4.93. The first kappa shape index (κ1) is 18.2. The van der Waals surface area contributed by atoms with Crippen LogP contribution in [0.4, 0.5) is 5.69 Å². The molecule has 0 radical (unpaired) electrons. The molecule has 1 heterocycles. The molecule has 1 aliphatic heterocycles. The first-order chi connectivity index (χ1) is 10.8. The summed E-state index contributed by atoms with van der Waals surface area (Å²) in [6.07, 6.45) is 1.33. The van der Waals surface area contributed by atoms with Gasteiger partial charge < -0.3 is 4.74 Å². The Morgan fingerprint density at radius 2 is 1.87 bits per heavy atom. The van der Waals surface area contributed by atoms with E-state index in [9.17, 15) is 16.8 Å². The number of hydrogen-bond acceptors (Lipinski definition) is 5. The normalized spacial score (nSPS) is 17.1. The first-order valence-corrected chi connectivity index (χ1v) is 10.6. The average Bonchev–Trinajstić information content (AvgIpc) is 2.54. The van der Waals surface area contributed by atoms with Crippen molar-refractivity contribution < 1.29 is 21.6 Å². The van der Waals surface area contributed by atoms with Crippen molar-refractivity contribution >= 4 is 25.7 Å². The smallest absolute Gasteiger partial charge is 0.243 e. The minimum absolute atomic E-state index is 0.0178. The minimum Gasteiger partial charge on any atom is -0.379 e. The number of anilines is 1. The van der Waals surface area contributed by atoms with Crippen LogP contribution in [0.15, 0.2) is 29.2 Å². The Morgan fingerprint density at radius 3 is 2.52 bits per heavy atom. The Morgan fingerprint density at radius 1 is 1.17 bits per heavy atom. The molecule has 0 bridgehead atoms. The van der Waals surface area contributed by atoms with Crippen molar-refractivity contribution in [3.8, 4) is 0 Å². The molecule has 0 amide bonds. The van der Waals surface area contributed by atoms with Gasteiger partial charge in [-0.05, 0) is 24.6 Å². The molecule has 0 unspecified atom stereocenters. The lowest BCUT2D eigenvalue weighted by Crippen LogP contribution is -2.40. The van der Waals surface area contributed by atoms with Crippen LogP contribution in [0.5, 0.6) is 0 Å². The van der Waals surface area contributed by atoms with Gasteiger partial charge in [-0.1, -0.05) is 19.4 Å². The Kier molecular flexibility index (Phi) is 6.01. The highest BCUT2D eigenvalue weighted by molar-refractivity contribution is 7.92. The van der Waals surface area contributed by atoms with Gasteiger partial charge >= 0.3 is 0 Å². The van der Waals surface area contributed by atoms with Gasteiger partial charge in [0.05, 0.1) is 23.9 Å². The summed E-state index contributed by atoms with van der Waals surface area (Å²) in [4.78, 5) is 0.0788. The van der Waals surface area contributed by atoms with Crippen LogP contribution < -0.4 is 4.72 Å². The number of nitrogens with zero attached hydrogens (tertiary/aromatic N) is 1. The number of hydrogen-bond donors (Lipinski definition) is 1. The van der Waals surface area contributed by atoms with Crippen LogP contribution >= 0.6 is 0 Å². The van der Waals surface area contributed by atoms with Crippen LogP contribution in [0, 0.1) is 0 Å². The lowest BCUT2D eigenvalue weighted by Gasteiger charge is -2.26. The van der Waals surface area contributed by atoms with Crippen LogP contribution in [-0.2, 0) is 24.8 Å². The van der Waals surface area contributed by atoms with Crippen molar-refractivity contribution in [3.05, 3.63) is 24.3 Å². The maximum Gasteiger partial charge on any atom is 0.243 e. The van der Waals surface area contributed by atoms with Crippen molar-refractivity contribution in [2.75, 3.05) is 36.8 Å². The summed E-state index contributed by atoms with van der Waals surface area (Å²) >= 11 is 0. The zero-order valence-electron chi connectivity index (χ0n) is 13.1. The third-order valence-electron chi connectivity index (χ3n) is 3.48. The molecular formula is C14H22N2O5S2. The first-order valence-electron chi connectivity index (χ1n) is 7.53. The molecule has 0 spiro atoms. The fraction of sp³-hybridized carbons (Fsp3) is 0.571. The molecule has 130 valence electrons. The summed E-state index contributed by atoms with van der Waals surface area (Å²) in [6.45, 7) is 3.24. The summed E-state index contributed by atoms with van der Waals surface area (Å²) in [6, 6.07) is 5.90. The summed E-state index contributed by atoms with van der Waals surface area (Å²) in [5.41, 5.74) is 0.260. The highest BCUT2D eigenvalue weighted by Crippen LogP contribution is 2.21. The van der Waals surface area contributed by atoms with Crippen LogP contribution in [0.25, 0.3) is 0 Å². The Bertz CT molecular complexity index is 725. The van der Waals surface area contributed by atoms with E-state index in [2.05, 4.69) is 4.72 Å². The molecule has 1 aliphatic rings. The van der Waals surface area contributed by atoms with Crippen LogP contribution in [0.2, 0.25) is 0 Å². The number of unbranched alkanes of at least 4 members (excludes halogenated alkanes) is 1. The second kappa shape index (κ2) is 7.61. The Hall–Kier alpha value is -1.16. The van der Waals surface area contributed by atoms with E-state index in [1.54, 1.807) is 6.07 Å². The van der Waals surface area contributed by atoms with E-state index in [0.29, 0.717) is 32.7 Å². The van der Waals surface area contributed by atoms with E-state index in [1.165, 1.54) is 22.5 Å². The van der Waals surface area contributed by atoms with E-state index in [0.717, 1.165) is 6.42 Å². The number of ether oxygens (including phenoxy) is 1. The highest BCUT2D eigenvalue weighted by Gasteiger charge is 2.26. The number of sulfonamides is 2. The molecule has 0 atom stereocenters. The van der Waals surface area contributed by atoms with Crippen LogP contribution in [0.1, 0.15) is 19.8 Å². The van der Waals surface area contributed by atoms with Gasteiger partial charge in [-0.3, -0.25) is 4.72 Å². The predicted molar refractivity (Wildman–Crippen MR) is 88.3 cm³/mol. The van der Waals surface area contributed by atoms with E-state index >= 15 is 0 Å². The number of nitrogens with one attached hydrogen (secondary N) is 1. The van der Waals surface area contributed by atoms with Crippen molar-refractivity contribution in [2.24, 2.45) is 0 Å². The topological polar surface area (TPSA) is 92.8 Å². The predicted octanol–water partition coefficient (Wildman–Crippen LogP) is 1.25. The molecule has 0 aliphatic carbocycles. The molecule has 7 nitrogen and oxygen atoms in total. The van der Waals surface area contributed by atoms with E-state index in [-0.39, 0.29) is 16.3 Å². The van der Waals surface area contributed by atoms with Crippen LogP contribution in [0.3, 0.4) is 0 Å². The van der Waals surface area contributed by atoms with Crippen molar-refractivity contribution in [1.82, 2.24) is 4.31 Å². The average molecular weight is 362 g/mol. The molecule has 1 aromatic carbocycles. The highest BCUT2D eigenvalue weighted by atomic mass is 32.2. The van der Waals surface area contributed by atoms with Gasteiger partial charge in [0, 0.05) is 18.8 Å². The van der Waals surface area contributed by atoms with Gasteiger partial charge in [0.15, 0.2) is 0 Å². The van der Waals surface area contributed by atoms with Gasteiger partial charge in [-0.15, -0.1) is 0 Å². The van der Waals surface area contributed by atoms with Crippen molar-refractivity contribution in [1.29, 1.82) is 0 Å². The monoisotopic (exact) mass is 362 g/mol. The second-order valence-electron chi connectivity index (χ2n) is 5.32. The molecule has 1 N–H and O–H groups in total. The molecule has 23 heavy (non-hydrogen) atoms. The fourth-order valence-electron chi connectivity index (χ4n) is 2.22. The molecule has 1 aromatic rings. The molecule has 2 rings (SSSR count). The molecular weight excluding hydrogens is 340 g/mol. The largest absolute Gasteiger partial charge is 0.379 e. The maximum absolute atomic E-state index is 12.6. The molecule has 9 heteroatoms. The van der Waals surface area contributed by atoms with Gasteiger partial charge in [-0.2, -0.15) is 4.31 Å². The SMILES string of the molecule is CCCCS(=O)(=O)Nc1cccc(S(=O)(=O)N2CCOCC2)c1. The lowest BCUT2D eigenvalue weighted by molar-refractivity contribution is 0.0730. The van der Waals surface area contributed by atoms with E-state index < -0.39 is 20.0 Å². The molecule has 1 saturated heterocycles. The molecule has 1 fully saturated rings. The second-order valence-corrected chi connectivity index (χ2v) is 9.10. The quantitative estimate of drug-likeness (QED) is 0.788. The summed E-state index contributed by atoms with van der Waals surface area (Å²) < 4.78 is 57.9. The standard InChI is InChI=1S/C14H22N2O5S2/c1-2-3-11-22(17,18)15-13-5-4-6-14(12-13)23(19,20)16-7-9-21-10-8-16/h4-6,12,15H,2-3,7-11H2,1H3. The number of morpholine rings is 1. The third kappa shape index (κ3) is 4.90. The maximum atomic E-state index is 12.6. The summed E-state index contributed by atoms with van der Waals surface area (Å²) in [5.74, 6) is 0.0178. The Labute approximate surface area is 137 Å². The Balaban J connectivity index is 2.19. The third-order valence-corrected chi connectivity index (χ3v) is 6.75. The minimum atomic E-state index is -3.64. The van der Waals surface area contributed by atoms with Crippen LogP contribution in [-0.4, -0.2) is 53.2 Å². The van der Waals surface area contributed by atoms with Gasteiger partial charge in [-0.25, -0.2) is 16.8 Å². The van der Waals surface area contributed by atoms with Crippen molar-refractivity contribution in [2.45, 2.75) is 24.7 Å².